The van der Waals surface area contributed by atoms with Crippen LogP contribution >= 0.6 is 0 Å². The van der Waals surface area contributed by atoms with E-state index in [9.17, 15) is 4.79 Å². The molecule has 0 radical (unpaired) electrons. The number of rotatable bonds is 0. The van der Waals surface area contributed by atoms with Crippen molar-refractivity contribution in [3.05, 3.63) is 11.6 Å². The number of allylic oxidation sites excluding steroid dienone is 2. The van der Waals surface area contributed by atoms with Gasteiger partial charge in [-0.15, -0.1) is 0 Å². The summed E-state index contributed by atoms with van der Waals surface area (Å²) >= 11 is 0. The summed E-state index contributed by atoms with van der Waals surface area (Å²) in [6.07, 6.45) is 9.76. The zero-order valence-corrected chi connectivity index (χ0v) is 12.6. The summed E-state index contributed by atoms with van der Waals surface area (Å²) in [6.45, 7) is 6.97. The monoisotopic (exact) mass is 258 g/mol. The molecule has 0 saturated heterocycles. The van der Waals surface area contributed by atoms with Gasteiger partial charge in [0.2, 0.25) is 5.78 Å². The second kappa shape index (κ2) is 5.95. The molecule has 0 N–H and O–H groups in total. The van der Waals surface area contributed by atoms with E-state index in [1.807, 2.05) is 0 Å². The van der Waals surface area contributed by atoms with Crippen LogP contribution in [0.5, 0.6) is 0 Å². The average Bonchev–Trinajstić information content (AvgIpc) is 2.38. The lowest BCUT2D eigenvalue weighted by Gasteiger charge is -2.43. The Morgan fingerprint density at radius 1 is 1.37 bits per heavy atom. The SMILES string of the molecule is C/C1=C\CCC#CC(=O)[C@@H]2CC[C@@H](C)[C@](C)(CC1)C2. The molecule has 0 amide bonds. The standard InChI is InChI=1S/C18H26O/c1-14-7-5-4-6-8-17(19)16-10-9-15(2)18(3,13-16)12-11-14/h7,15-16H,4-5,9-13H2,1-3H3/b14-7+/t15-,16-,18-/m1/s1. The van der Waals surface area contributed by atoms with Crippen molar-refractivity contribution >= 4 is 5.78 Å². The van der Waals surface area contributed by atoms with Crippen molar-refractivity contribution in [2.75, 3.05) is 0 Å². The van der Waals surface area contributed by atoms with Crippen molar-refractivity contribution in [3.8, 4) is 11.8 Å². The van der Waals surface area contributed by atoms with Gasteiger partial charge < -0.3 is 0 Å². The third-order valence-corrected chi connectivity index (χ3v) is 5.29. The van der Waals surface area contributed by atoms with E-state index in [1.165, 1.54) is 24.8 Å². The Bertz CT molecular complexity index is 434. The van der Waals surface area contributed by atoms with E-state index in [1.54, 1.807) is 0 Å². The van der Waals surface area contributed by atoms with E-state index < -0.39 is 0 Å². The Hall–Kier alpha value is -1.03. The maximum atomic E-state index is 12.2. The van der Waals surface area contributed by atoms with Crippen molar-refractivity contribution in [2.45, 2.75) is 65.7 Å². The first-order chi connectivity index (χ1) is 9.01. The highest BCUT2D eigenvalue weighted by Gasteiger charge is 2.39. The summed E-state index contributed by atoms with van der Waals surface area (Å²) < 4.78 is 0. The predicted octanol–water partition coefficient (Wildman–Crippen LogP) is 4.52. The normalized spacial score (nSPS) is 39.1. The van der Waals surface area contributed by atoms with Gasteiger partial charge in [-0.3, -0.25) is 4.79 Å². The lowest BCUT2D eigenvalue weighted by Crippen LogP contribution is -2.36. The Labute approximate surface area is 117 Å². The molecule has 19 heavy (non-hydrogen) atoms. The molecule has 0 aromatic carbocycles. The Kier molecular flexibility index (Phi) is 4.50. The summed E-state index contributed by atoms with van der Waals surface area (Å²) in [4.78, 5) is 12.2. The molecule has 0 aromatic rings. The number of hydrogen-bond acceptors (Lipinski definition) is 1. The molecule has 1 fully saturated rings. The number of carbonyl (C=O) groups excluding carboxylic acids is 1. The molecule has 3 atom stereocenters. The van der Waals surface area contributed by atoms with Gasteiger partial charge in [0.25, 0.3) is 0 Å². The first-order valence-electron chi connectivity index (χ1n) is 7.69. The van der Waals surface area contributed by atoms with Crippen molar-refractivity contribution in [3.63, 3.8) is 0 Å². The zero-order valence-electron chi connectivity index (χ0n) is 12.6. The second-order valence-corrected chi connectivity index (χ2v) is 6.79. The van der Waals surface area contributed by atoms with Gasteiger partial charge in [-0.1, -0.05) is 31.4 Å². The molecule has 1 nitrogen and oxygen atoms in total. The van der Waals surface area contributed by atoms with Gasteiger partial charge in [-0.2, -0.15) is 0 Å². The first kappa shape index (κ1) is 14.4. The minimum absolute atomic E-state index is 0.192. The quantitative estimate of drug-likeness (QED) is 0.354. The predicted molar refractivity (Wildman–Crippen MR) is 79.6 cm³/mol. The molecular weight excluding hydrogens is 232 g/mol. The van der Waals surface area contributed by atoms with Crippen molar-refractivity contribution in [2.24, 2.45) is 17.3 Å². The van der Waals surface area contributed by atoms with Crippen LogP contribution in [0.2, 0.25) is 0 Å². The van der Waals surface area contributed by atoms with Crippen LogP contribution in [-0.4, -0.2) is 5.78 Å². The number of Topliss-reactive ketones (excluding diaryl/α,β-unsaturated/α-hetero) is 1. The van der Waals surface area contributed by atoms with Gasteiger partial charge in [-0.05, 0) is 62.7 Å². The van der Waals surface area contributed by atoms with Gasteiger partial charge in [0.05, 0.1) is 0 Å². The summed E-state index contributed by atoms with van der Waals surface area (Å²) in [6, 6.07) is 0. The minimum Gasteiger partial charge on any atom is -0.285 e. The molecule has 1 saturated carbocycles. The Balaban J connectivity index is 2.22. The number of carbonyl (C=O) groups is 1. The third-order valence-electron chi connectivity index (χ3n) is 5.29. The fourth-order valence-electron chi connectivity index (χ4n) is 3.47. The first-order valence-corrected chi connectivity index (χ1v) is 7.69. The van der Waals surface area contributed by atoms with Crippen molar-refractivity contribution in [1.82, 2.24) is 0 Å². The van der Waals surface area contributed by atoms with E-state index in [0.29, 0.717) is 5.41 Å². The molecule has 2 rings (SSSR count). The molecular formula is C18H26O. The molecule has 0 aliphatic heterocycles. The summed E-state index contributed by atoms with van der Waals surface area (Å²) in [5.41, 5.74) is 1.80. The van der Waals surface area contributed by atoms with E-state index in [0.717, 1.165) is 31.6 Å². The maximum absolute atomic E-state index is 12.2. The van der Waals surface area contributed by atoms with Crippen LogP contribution in [0, 0.1) is 29.1 Å². The summed E-state index contributed by atoms with van der Waals surface area (Å²) in [7, 11) is 0. The topological polar surface area (TPSA) is 17.1 Å². The third kappa shape index (κ3) is 3.50. The molecule has 0 spiro atoms. The number of ketones is 1. The molecule has 0 unspecified atom stereocenters. The van der Waals surface area contributed by atoms with Crippen molar-refractivity contribution < 1.29 is 4.79 Å². The fourth-order valence-corrected chi connectivity index (χ4v) is 3.47. The lowest BCUT2D eigenvalue weighted by molar-refractivity contribution is -0.120. The average molecular weight is 258 g/mol. The number of fused-ring (bicyclic) bond motifs is 2. The van der Waals surface area contributed by atoms with Gasteiger partial charge in [-0.25, -0.2) is 0 Å². The second-order valence-electron chi connectivity index (χ2n) is 6.79. The highest BCUT2D eigenvalue weighted by atomic mass is 16.1. The maximum Gasteiger partial charge on any atom is 0.208 e. The number of hydrogen-bond donors (Lipinski definition) is 0. The fraction of sp³-hybridized carbons (Fsp3) is 0.722. The van der Waals surface area contributed by atoms with Crippen LogP contribution in [0.4, 0.5) is 0 Å². The van der Waals surface area contributed by atoms with Crippen molar-refractivity contribution in [1.29, 1.82) is 0 Å². The van der Waals surface area contributed by atoms with Crippen LogP contribution in [0.3, 0.4) is 0 Å². The van der Waals surface area contributed by atoms with E-state index in [2.05, 4.69) is 38.7 Å². The summed E-state index contributed by atoms with van der Waals surface area (Å²) in [5, 5.41) is 0. The molecule has 0 heterocycles. The van der Waals surface area contributed by atoms with E-state index in [4.69, 9.17) is 0 Å². The molecule has 104 valence electrons. The summed E-state index contributed by atoms with van der Waals surface area (Å²) in [5.74, 6) is 7.05. The Morgan fingerprint density at radius 2 is 2.16 bits per heavy atom. The largest absolute Gasteiger partial charge is 0.285 e. The Morgan fingerprint density at radius 3 is 2.95 bits per heavy atom. The van der Waals surface area contributed by atoms with Gasteiger partial charge in [0, 0.05) is 12.3 Å². The van der Waals surface area contributed by atoms with Crippen LogP contribution in [0.1, 0.15) is 65.7 Å². The van der Waals surface area contributed by atoms with Crippen LogP contribution in [0.15, 0.2) is 11.6 Å². The molecule has 2 aliphatic rings. The molecule has 2 aliphatic carbocycles. The molecule has 2 bridgehead atoms. The minimum atomic E-state index is 0.192. The van der Waals surface area contributed by atoms with E-state index in [-0.39, 0.29) is 11.7 Å². The van der Waals surface area contributed by atoms with Gasteiger partial charge >= 0.3 is 0 Å². The van der Waals surface area contributed by atoms with Crippen LogP contribution in [0.25, 0.3) is 0 Å². The van der Waals surface area contributed by atoms with Gasteiger partial charge in [0.15, 0.2) is 0 Å². The van der Waals surface area contributed by atoms with E-state index >= 15 is 0 Å². The molecule has 0 aromatic heterocycles. The highest BCUT2D eigenvalue weighted by molar-refractivity contribution is 5.97. The van der Waals surface area contributed by atoms with Gasteiger partial charge in [0.1, 0.15) is 0 Å². The van der Waals surface area contributed by atoms with Crippen LogP contribution in [-0.2, 0) is 4.79 Å². The highest BCUT2D eigenvalue weighted by Crippen LogP contribution is 2.47. The van der Waals surface area contributed by atoms with Crippen LogP contribution < -0.4 is 0 Å². The molecule has 1 heteroatoms. The smallest absolute Gasteiger partial charge is 0.208 e. The zero-order chi connectivity index (χ0) is 13.9. The lowest BCUT2D eigenvalue weighted by atomic mass is 9.61.